The monoisotopic (exact) mass is 361 g/mol. The van der Waals surface area contributed by atoms with Gasteiger partial charge in [-0.15, -0.1) is 0 Å². The molecular formula is C19H20FNO3S. The van der Waals surface area contributed by atoms with E-state index in [0.29, 0.717) is 6.61 Å². The molecule has 0 aromatic heterocycles. The number of hydrogen-bond donors (Lipinski definition) is 1. The summed E-state index contributed by atoms with van der Waals surface area (Å²) in [6.45, 7) is 0.621. The Kier molecular flexibility index (Phi) is 6.07. The molecule has 4 nitrogen and oxygen atoms in total. The molecule has 0 amide bonds. The Morgan fingerprint density at radius 3 is 2.76 bits per heavy atom. The zero-order chi connectivity index (χ0) is 17.6. The summed E-state index contributed by atoms with van der Waals surface area (Å²) in [4.78, 5) is 1.85. The van der Waals surface area contributed by atoms with E-state index in [1.807, 2.05) is 30.3 Å². The van der Waals surface area contributed by atoms with Crippen LogP contribution in [0, 0.1) is 5.82 Å². The van der Waals surface area contributed by atoms with Crippen LogP contribution in [-0.4, -0.2) is 31.4 Å². The van der Waals surface area contributed by atoms with Crippen molar-refractivity contribution in [1.29, 1.82) is 0 Å². The molecule has 2 aromatic rings. The van der Waals surface area contributed by atoms with Crippen LogP contribution < -0.4 is 0 Å². The maximum Gasteiger partial charge on any atom is 0.157 e. The molecule has 6 heteroatoms. The number of oxime groups is 1. The lowest BCUT2D eigenvalue weighted by Gasteiger charge is -2.29. The molecule has 25 heavy (non-hydrogen) atoms. The summed E-state index contributed by atoms with van der Waals surface area (Å²) in [7, 11) is 1.63. The number of ether oxygens (including phenoxy) is 2. The maximum absolute atomic E-state index is 14.1. The van der Waals surface area contributed by atoms with Crippen molar-refractivity contribution in [2.24, 2.45) is 5.16 Å². The molecule has 0 spiro atoms. The number of benzene rings is 2. The van der Waals surface area contributed by atoms with Gasteiger partial charge in [0.2, 0.25) is 0 Å². The molecule has 0 radical (unpaired) electrons. The van der Waals surface area contributed by atoms with Crippen LogP contribution >= 0.6 is 11.8 Å². The minimum Gasteiger partial charge on any atom is -0.411 e. The summed E-state index contributed by atoms with van der Waals surface area (Å²) in [5.41, 5.74) is 1.79. The molecule has 2 aromatic carbocycles. The highest BCUT2D eigenvalue weighted by Crippen LogP contribution is 2.35. The van der Waals surface area contributed by atoms with Crippen LogP contribution in [0.4, 0.5) is 4.39 Å². The number of hydrogen-bond acceptors (Lipinski definition) is 5. The molecule has 1 N–H and O–H groups in total. The predicted octanol–water partition coefficient (Wildman–Crippen LogP) is 4.65. The van der Waals surface area contributed by atoms with Gasteiger partial charge in [-0.2, -0.15) is 0 Å². The highest BCUT2D eigenvalue weighted by molar-refractivity contribution is 7.99. The van der Waals surface area contributed by atoms with Crippen LogP contribution in [0.1, 0.15) is 29.9 Å². The lowest BCUT2D eigenvalue weighted by Crippen LogP contribution is -2.26. The molecule has 132 valence electrons. The first-order valence-electron chi connectivity index (χ1n) is 8.08. The molecule has 1 aliphatic rings. The van der Waals surface area contributed by atoms with E-state index in [1.165, 1.54) is 18.0 Å². The first-order valence-corrected chi connectivity index (χ1v) is 8.90. The van der Waals surface area contributed by atoms with Gasteiger partial charge in [0.15, 0.2) is 6.29 Å². The van der Waals surface area contributed by atoms with E-state index in [9.17, 15) is 4.39 Å². The Morgan fingerprint density at radius 2 is 2.04 bits per heavy atom. The molecule has 1 fully saturated rings. The Morgan fingerprint density at radius 1 is 1.24 bits per heavy atom. The average molecular weight is 361 g/mol. The standard InChI is InChI=1S/C19H20FNO3S/c1-23-19-10-14(6-7-24-19)15-8-16(20)11-18(9-15)25-17-4-2-13(3-5-17)12-21-22/h2-5,8-9,11-12,14,19,22H,6-7,10H2,1H3. The second kappa shape index (κ2) is 8.47. The van der Waals surface area contributed by atoms with Gasteiger partial charge in [0, 0.05) is 23.3 Å². The van der Waals surface area contributed by atoms with Gasteiger partial charge in [0.25, 0.3) is 0 Å². The van der Waals surface area contributed by atoms with Crippen molar-refractivity contribution in [2.45, 2.75) is 34.8 Å². The van der Waals surface area contributed by atoms with Crippen LogP contribution in [-0.2, 0) is 9.47 Å². The third kappa shape index (κ3) is 4.81. The Hall–Kier alpha value is -1.89. The average Bonchev–Trinajstić information content (AvgIpc) is 2.63. The third-order valence-electron chi connectivity index (χ3n) is 4.20. The highest BCUT2D eigenvalue weighted by atomic mass is 32.2. The van der Waals surface area contributed by atoms with Crippen molar-refractivity contribution in [3.8, 4) is 0 Å². The molecule has 0 bridgehead atoms. The molecule has 1 saturated heterocycles. The van der Waals surface area contributed by atoms with Crippen molar-refractivity contribution in [1.82, 2.24) is 0 Å². The largest absolute Gasteiger partial charge is 0.411 e. The van der Waals surface area contributed by atoms with Gasteiger partial charge >= 0.3 is 0 Å². The van der Waals surface area contributed by atoms with Gasteiger partial charge in [0.1, 0.15) is 5.82 Å². The topological polar surface area (TPSA) is 51.0 Å². The molecule has 0 saturated carbocycles. The maximum atomic E-state index is 14.1. The van der Waals surface area contributed by atoms with Gasteiger partial charge in [-0.3, -0.25) is 0 Å². The summed E-state index contributed by atoms with van der Waals surface area (Å²) < 4.78 is 24.9. The van der Waals surface area contributed by atoms with Crippen molar-refractivity contribution in [3.05, 3.63) is 59.4 Å². The molecule has 0 aliphatic carbocycles. The molecule has 2 atom stereocenters. The summed E-state index contributed by atoms with van der Waals surface area (Å²) in [6.07, 6.45) is 2.74. The SMILES string of the molecule is COC1CC(c2cc(F)cc(Sc3ccc(C=NO)cc3)c2)CCO1. The van der Waals surface area contributed by atoms with Crippen LogP contribution in [0.5, 0.6) is 0 Å². The Labute approximate surface area is 150 Å². The first kappa shape index (κ1) is 17.9. The smallest absolute Gasteiger partial charge is 0.157 e. The van der Waals surface area contributed by atoms with Crippen LogP contribution in [0.2, 0.25) is 0 Å². The van der Waals surface area contributed by atoms with E-state index in [0.717, 1.165) is 33.8 Å². The summed E-state index contributed by atoms with van der Waals surface area (Å²) in [6, 6.07) is 12.7. The zero-order valence-electron chi connectivity index (χ0n) is 13.9. The first-order chi connectivity index (χ1) is 12.2. The molecule has 2 unspecified atom stereocenters. The lowest BCUT2D eigenvalue weighted by molar-refractivity contribution is -0.150. The second-order valence-corrected chi connectivity index (χ2v) is 7.04. The van der Waals surface area contributed by atoms with E-state index in [-0.39, 0.29) is 18.0 Å². The summed E-state index contributed by atoms with van der Waals surface area (Å²) in [5, 5.41) is 11.6. The van der Waals surface area contributed by atoms with Gasteiger partial charge in [-0.1, -0.05) is 29.1 Å². The number of halogens is 1. The lowest BCUT2D eigenvalue weighted by atomic mass is 9.91. The minimum absolute atomic E-state index is 0.223. The van der Waals surface area contributed by atoms with Crippen LogP contribution in [0.25, 0.3) is 0 Å². The highest BCUT2D eigenvalue weighted by Gasteiger charge is 2.24. The van der Waals surface area contributed by atoms with Crippen LogP contribution in [0.3, 0.4) is 0 Å². The Bertz CT molecular complexity index is 736. The number of rotatable bonds is 5. The zero-order valence-corrected chi connectivity index (χ0v) is 14.7. The third-order valence-corrected chi connectivity index (χ3v) is 5.18. The summed E-state index contributed by atoms with van der Waals surface area (Å²) >= 11 is 1.50. The van der Waals surface area contributed by atoms with Gasteiger partial charge < -0.3 is 14.7 Å². The fourth-order valence-corrected chi connectivity index (χ4v) is 3.84. The van der Waals surface area contributed by atoms with Gasteiger partial charge in [0.05, 0.1) is 12.8 Å². The number of nitrogens with zero attached hydrogens (tertiary/aromatic N) is 1. The van der Waals surface area contributed by atoms with E-state index in [1.54, 1.807) is 19.2 Å². The number of methoxy groups -OCH3 is 1. The Balaban J connectivity index is 1.77. The quantitative estimate of drug-likeness (QED) is 0.478. The fraction of sp³-hybridized carbons (Fsp3) is 0.316. The van der Waals surface area contributed by atoms with E-state index < -0.39 is 0 Å². The van der Waals surface area contributed by atoms with Gasteiger partial charge in [-0.05, 0) is 53.8 Å². The normalized spacial score (nSPS) is 20.9. The van der Waals surface area contributed by atoms with Crippen molar-refractivity contribution in [3.63, 3.8) is 0 Å². The predicted molar refractivity (Wildman–Crippen MR) is 95.1 cm³/mol. The second-order valence-electron chi connectivity index (χ2n) is 5.89. The molecule has 1 heterocycles. The van der Waals surface area contributed by atoms with Crippen molar-refractivity contribution < 1.29 is 19.1 Å². The van der Waals surface area contributed by atoms with Gasteiger partial charge in [-0.25, -0.2) is 4.39 Å². The summed E-state index contributed by atoms with van der Waals surface area (Å²) in [5.74, 6) is 0.00128. The van der Waals surface area contributed by atoms with E-state index >= 15 is 0 Å². The van der Waals surface area contributed by atoms with Crippen molar-refractivity contribution >= 4 is 18.0 Å². The van der Waals surface area contributed by atoms with Crippen LogP contribution in [0.15, 0.2) is 57.4 Å². The van der Waals surface area contributed by atoms with E-state index in [2.05, 4.69) is 5.16 Å². The molecular weight excluding hydrogens is 341 g/mol. The van der Waals surface area contributed by atoms with E-state index in [4.69, 9.17) is 14.7 Å². The van der Waals surface area contributed by atoms with Crippen molar-refractivity contribution in [2.75, 3.05) is 13.7 Å². The minimum atomic E-state index is -0.232. The fourth-order valence-electron chi connectivity index (χ4n) is 2.93. The molecule has 1 aliphatic heterocycles. The molecule has 3 rings (SSSR count).